The summed E-state index contributed by atoms with van der Waals surface area (Å²) in [4.78, 5) is 45.3. The van der Waals surface area contributed by atoms with Crippen LogP contribution in [0.1, 0.15) is 18.4 Å². The summed E-state index contributed by atoms with van der Waals surface area (Å²) in [6.07, 6.45) is 0.733. The van der Waals surface area contributed by atoms with Crippen LogP contribution in [0.3, 0.4) is 0 Å². The Morgan fingerprint density at radius 2 is 2.24 bits per heavy atom. The third-order valence-corrected chi connectivity index (χ3v) is 5.75. The molecular formula is C17H18N4O3S. The summed E-state index contributed by atoms with van der Waals surface area (Å²) < 4.78 is 0. The van der Waals surface area contributed by atoms with E-state index in [-0.39, 0.29) is 29.9 Å². The van der Waals surface area contributed by atoms with Crippen molar-refractivity contribution >= 4 is 40.5 Å². The second-order valence-electron chi connectivity index (χ2n) is 6.75. The van der Waals surface area contributed by atoms with Crippen LogP contribution in [0, 0.1) is 12.3 Å². The molecule has 1 spiro atoms. The number of carbonyl (C=O) groups excluding carboxylic acids is 3. The molecule has 1 aromatic carbocycles. The number of aryl methyl sites for hydroxylation is 1. The number of hydrogen-bond donors (Lipinski definition) is 2. The lowest BCUT2D eigenvalue weighted by Crippen LogP contribution is -2.37. The third-order valence-electron chi connectivity index (χ3n) is 4.89. The van der Waals surface area contributed by atoms with Gasteiger partial charge in [-0.25, -0.2) is 4.98 Å². The van der Waals surface area contributed by atoms with E-state index in [0.29, 0.717) is 24.7 Å². The number of benzene rings is 1. The number of carbonyl (C=O) groups is 3. The lowest BCUT2D eigenvalue weighted by Gasteiger charge is -2.20. The van der Waals surface area contributed by atoms with Gasteiger partial charge in [0.1, 0.15) is 0 Å². The summed E-state index contributed by atoms with van der Waals surface area (Å²) in [5.74, 6) is -0.269. The number of aromatic nitrogens is 2. The van der Waals surface area contributed by atoms with E-state index in [0.717, 1.165) is 16.6 Å². The lowest BCUT2D eigenvalue weighted by atomic mass is 9.85. The van der Waals surface area contributed by atoms with Gasteiger partial charge in [-0.3, -0.25) is 19.7 Å². The summed E-state index contributed by atoms with van der Waals surface area (Å²) in [5, 5.41) is 3.06. The second kappa shape index (κ2) is 5.87. The van der Waals surface area contributed by atoms with Crippen molar-refractivity contribution in [2.75, 3.05) is 18.8 Å². The number of nitrogens with zero attached hydrogens (tertiary/aromatic N) is 2. The van der Waals surface area contributed by atoms with Crippen LogP contribution in [0.5, 0.6) is 0 Å². The maximum Gasteiger partial charge on any atom is 0.235 e. The van der Waals surface area contributed by atoms with Gasteiger partial charge in [-0.15, -0.1) is 0 Å². The maximum atomic E-state index is 12.5. The van der Waals surface area contributed by atoms with Crippen LogP contribution in [0.25, 0.3) is 11.0 Å². The molecule has 0 bridgehead atoms. The molecule has 2 N–H and O–H groups in total. The van der Waals surface area contributed by atoms with Gasteiger partial charge in [-0.2, -0.15) is 0 Å². The van der Waals surface area contributed by atoms with Crippen LogP contribution in [-0.2, 0) is 14.4 Å². The molecule has 8 heteroatoms. The van der Waals surface area contributed by atoms with Crippen molar-refractivity contribution in [3.05, 3.63) is 23.8 Å². The van der Waals surface area contributed by atoms with Gasteiger partial charge in [0.15, 0.2) is 5.16 Å². The molecule has 0 radical (unpaired) electrons. The van der Waals surface area contributed by atoms with Crippen molar-refractivity contribution in [1.82, 2.24) is 20.2 Å². The summed E-state index contributed by atoms with van der Waals surface area (Å²) in [5.41, 5.74) is 2.27. The number of fused-ring (bicyclic) bond motifs is 1. The smallest absolute Gasteiger partial charge is 0.235 e. The van der Waals surface area contributed by atoms with Gasteiger partial charge < -0.3 is 9.88 Å². The number of imide groups is 1. The monoisotopic (exact) mass is 358 g/mol. The molecule has 130 valence electrons. The zero-order valence-corrected chi connectivity index (χ0v) is 14.6. The van der Waals surface area contributed by atoms with Gasteiger partial charge in [0.25, 0.3) is 0 Å². The molecule has 4 rings (SSSR count). The number of thioether (sulfide) groups is 1. The van der Waals surface area contributed by atoms with Crippen molar-refractivity contribution in [3.8, 4) is 0 Å². The predicted octanol–water partition coefficient (Wildman–Crippen LogP) is 1.23. The molecule has 2 aliphatic heterocycles. The molecule has 2 aliphatic rings. The van der Waals surface area contributed by atoms with E-state index in [4.69, 9.17) is 0 Å². The average Bonchev–Trinajstić information content (AvgIpc) is 3.23. The summed E-state index contributed by atoms with van der Waals surface area (Å²) >= 11 is 1.35. The first-order valence-electron chi connectivity index (χ1n) is 8.16. The first-order valence-corrected chi connectivity index (χ1v) is 9.15. The van der Waals surface area contributed by atoms with E-state index in [1.54, 1.807) is 4.90 Å². The molecule has 25 heavy (non-hydrogen) atoms. The Kier molecular flexibility index (Phi) is 3.79. The quantitative estimate of drug-likeness (QED) is 0.636. The molecular weight excluding hydrogens is 340 g/mol. The van der Waals surface area contributed by atoms with E-state index in [1.807, 2.05) is 25.1 Å². The summed E-state index contributed by atoms with van der Waals surface area (Å²) in [6, 6.07) is 5.97. The van der Waals surface area contributed by atoms with Gasteiger partial charge in [0.2, 0.25) is 17.7 Å². The standard InChI is InChI=1S/C17H18N4O3S/c1-10-2-3-11-12(6-10)19-16(18-11)25-8-14(23)21-5-4-17(9-21)7-13(22)20-15(17)24/h2-3,6H,4-5,7-9H2,1H3,(H,18,19)(H,20,22,24)/t17-/m1/s1. The van der Waals surface area contributed by atoms with Gasteiger partial charge >= 0.3 is 0 Å². The lowest BCUT2D eigenvalue weighted by molar-refractivity contribution is -0.129. The zero-order valence-electron chi connectivity index (χ0n) is 13.8. The van der Waals surface area contributed by atoms with Gasteiger partial charge in [0.05, 0.1) is 22.2 Å². The Bertz CT molecular complexity index is 893. The number of nitrogens with one attached hydrogen (secondary N) is 2. The topological polar surface area (TPSA) is 95.2 Å². The Balaban J connectivity index is 1.39. The number of aromatic amines is 1. The van der Waals surface area contributed by atoms with Crippen LogP contribution >= 0.6 is 11.8 Å². The van der Waals surface area contributed by atoms with Crippen LogP contribution in [0.4, 0.5) is 0 Å². The highest BCUT2D eigenvalue weighted by Crippen LogP contribution is 2.37. The van der Waals surface area contributed by atoms with Crippen LogP contribution in [-0.4, -0.2) is 51.4 Å². The number of H-pyrrole nitrogens is 1. The molecule has 3 amide bonds. The number of rotatable bonds is 3. The van der Waals surface area contributed by atoms with Crippen molar-refractivity contribution in [2.24, 2.45) is 5.41 Å². The fraction of sp³-hybridized carbons (Fsp3) is 0.412. The molecule has 0 aliphatic carbocycles. The third kappa shape index (κ3) is 2.90. The molecule has 1 aromatic heterocycles. The van der Waals surface area contributed by atoms with Gasteiger partial charge in [-0.1, -0.05) is 17.8 Å². The van der Waals surface area contributed by atoms with Crippen molar-refractivity contribution in [1.29, 1.82) is 0 Å². The molecule has 7 nitrogen and oxygen atoms in total. The normalized spacial score (nSPS) is 23.0. The van der Waals surface area contributed by atoms with Gasteiger partial charge in [-0.05, 0) is 31.0 Å². The highest BCUT2D eigenvalue weighted by atomic mass is 32.2. The van der Waals surface area contributed by atoms with E-state index in [2.05, 4.69) is 15.3 Å². The van der Waals surface area contributed by atoms with Gasteiger partial charge in [0, 0.05) is 19.5 Å². The Morgan fingerprint density at radius 1 is 1.40 bits per heavy atom. The van der Waals surface area contributed by atoms with Crippen LogP contribution in [0.2, 0.25) is 0 Å². The fourth-order valence-electron chi connectivity index (χ4n) is 3.50. The number of amides is 3. The molecule has 2 saturated heterocycles. The highest BCUT2D eigenvalue weighted by Gasteiger charge is 2.51. The fourth-order valence-corrected chi connectivity index (χ4v) is 4.28. The number of imidazole rings is 1. The Labute approximate surface area is 148 Å². The minimum Gasteiger partial charge on any atom is -0.341 e. The van der Waals surface area contributed by atoms with E-state index >= 15 is 0 Å². The first-order chi connectivity index (χ1) is 11.9. The number of likely N-dealkylation sites (tertiary alicyclic amines) is 1. The van der Waals surface area contributed by atoms with Crippen molar-refractivity contribution in [2.45, 2.75) is 24.9 Å². The second-order valence-corrected chi connectivity index (χ2v) is 7.71. The molecule has 0 unspecified atom stereocenters. The van der Waals surface area contributed by atoms with Crippen LogP contribution < -0.4 is 5.32 Å². The Hall–Kier alpha value is -2.35. The number of hydrogen-bond acceptors (Lipinski definition) is 5. The SMILES string of the molecule is Cc1ccc2nc(SCC(=O)N3CC[C@@]4(CC(=O)NC4=O)C3)[nH]c2c1. The first kappa shape index (κ1) is 16.1. The summed E-state index contributed by atoms with van der Waals surface area (Å²) in [6.45, 7) is 2.85. The largest absolute Gasteiger partial charge is 0.341 e. The molecule has 0 saturated carbocycles. The van der Waals surface area contributed by atoms with E-state index in [9.17, 15) is 14.4 Å². The predicted molar refractivity (Wildman–Crippen MR) is 93.0 cm³/mol. The molecule has 2 fully saturated rings. The van der Waals surface area contributed by atoms with E-state index in [1.165, 1.54) is 11.8 Å². The Morgan fingerprint density at radius 3 is 3.00 bits per heavy atom. The summed E-state index contributed by atoms with van der Waals surface area (Å²) in [7, 11) is 0. The molecule has 1 atom stereocenters. The van der Waals surface area contributed by atoms with Crippen molar-refractivity contribution in [3.63, 3.8) is 0 Å². The van der Waals surface area contributed by atoms with E-state index < -0.39 is 5.41 Å². The minimum atomic E-state index is -0.714. The van der Waals surface area contributed by atoms with Crippen molar-refractivity contribution < 1.29 is 14.4 Å². The molecule has 3 heterocycles. The maximum absolute atomic E-state index is 12.5. The average molecular weight is 358 g/mol. The van der Waals surface area contributed by atoms with Crippen LogP contribution in [0.15, 0.2) is 23.4 Å². The molecule has 2 aromatic rings. The highest BCUT2D eigenvalue weighted by molar-refractivity contribution is 7.99. The zero-order chi connectivity index (χ0) is 17.6. The minimum absolute atomic E-state index is 0.0364.